The van der Waals surface area contributed by atoms with Crippen LogP contribution in [0.4, 0.5) is 10.2 Å². The van der Waals surface area contributed by atoms with Crippen molar-refractivity contribution < 1.29 is 4.39 Å². The molecule has 20 heavy (non-hydrogen) atoms. The molecule has 2 aromatic rings. The Balaban J connectivity index is 1.96. The highest BCUT2D eigenvalue weighted by atomic mass is 32.1. The van der Waals surface area contributed by atoms with Gasteiger partial charge in [0.15, 0.2) is 0 Å². The van der Waals surface area contributed by atoms with E-state index in [-0.39, 0.29) is 5.82 Å². The molecule has 0 bridgehead atoms. The molecule has 0 radical (unpaired) electrons. The van der Waals surface area contributed by atoms with Crippen LogP contribution in [0.2, 0.25) is 0 Å². The average Bonchev–Trinajstić information content (AvgIpc) is 2.41. The van der Waals surface area contributed by atoms with E-state index in [9.17, 15) is 4.39 Å². The SMILES string of the molecule is Cc1cc(F)ccc1CCNc1cc(C(N)=S)ccn1. The van der Waals surface area contributed by atoms with Gasteiger partial charge in [-0.25, -0.2) is 9.37 Å². The number of hydrogen-bond donors (Lipinski definition) is 2. The third-order valence-corrected chi connectivity index (χ3v) is 3.29. The maximum Gasteiger partial charge on any atom is 0.126 e. The molecule has 1 heterocycles. The number of nitrogens with one attached hydrogen (secondary N) is 1. The van der Waals surface area contributed by atoms with Gasteiger partial charge in [-0.1, -0.05) is 18.3 Å². The number of thiocarbonyl (C=S) groups is 1. The molecule has 1 aromatic heterocycles. The Morgan fingerprint density at radius 3 is 2.85 bits per heavy atom. The molecule has 3 nitrogen and oxygen atoms in total. The highest BCUT2D eigenvalue weighted by molar-refractivity contribution is 7.80. The highest BCUT2D eigenvalue weighted by Crippen LogP contribution is 2.12. The predicted molar refractivity (Wildman–Crippen MR) is 83.5 cm³/mol. The number of pyridine rings is 1. The van der Waals surface area contributed by atoms with Gasteiger partial charge in [-0.2, -0.15) is 0 Å². The Kier molecular flexibility index (Phi) is 4.63. The highest BCUT2D eigenvalue weighted by Gasteiger charge is 2.02. The van der Waals surface area contributed by atoms with Crippen LogP contribution in [0.15, 0.2) is 36.5 Å². The van der Waals surface area contributed by atoms with Crippen LogP contribution < -0.4 is 11.1 Å². The molecular formula is C15H16FN3S. The lowest BCUT2D eigenvalue weighted by atomic mass is 10.1. The third-order valence-electron chi connectivity index (χ3n) is 3.05. The summed E-state index contributed by atoms with van der Waals surface area (Å²) in [6.07, 6.45) is 2.46. The zero-order chi connectivity index (χ0) is 14.5. The lowest BCUT2D eigenvalue weighted by Crippen LogP contribution is -2.12. The van der Waals surface area contributed by atoms with Gasteiger partial charge in [-0.05, 0) is 48.7 Å². The maximum atomic E-state index is 13.0. The molecule has 0 fully saturated rings. The van der Waals surface area contributed by atoms with Crippen LogP contribution >= 0.6 is 12.2 Å². The lowest BCUT2D eigenvalue weighted by Gasteiger charge is -2.09. The van der Waals surface area contributed by atoms with E-state index >= 15 is 0 Å². The van der Waals surface area contributed by atoms with Crippen molar-refractivity contribution in [2.75, 3.05) is 11.9 Å². The van der Waals surface area contributed by atoms with E-state index in [1.54, 1.807) is 18.3 Å². The molecule has 104 valence electrons. The first-order chi connectivity index (χ1) is 9.56. The molecule has 0 aliphatic heterocycles. The normalized spacial score (nSPS) is 10.3. The predicted octanol–water partition coefficient (Wildman–Crippen LogP) is 2.82. The van der Waals surface area contributed by atoms with E-state index in [4.69, 9.17) is 18.0 Å². The van der Waals surface area contributed by atoms with Crippen LogP contribution in [0, 0.1) is 12.7 Å². The Hall–Kier alpha value is -2.01. The first kappa shape index (κ1) is 14.4. The molecule has 3 N–H and O–H groups in total. The second-order valence-electron chi connectivity index (χ2n) is 4.54. The maximum absolute atomic E-state index is 13.0. The minimum absolute atomic E-state index is 0.204. The zero-order valence-corrected chi connectivity index (χ0v) is 12.0. The standard InChI is InChI=1S/C15H16FN3S/c1-10-8-13(16)3-2-11(10)4-6-18-14-9-12(15(17)20)5-7-19-14/h2-3,5,7-9H,4,6H2,1H3,(H2,17,20)(H,18,19). The lowest BCUT2D eigenvalue weighted by molar-refractivity contribution is 0.625. The summed E-state index contributed by atoms with van der Waals surface area (Å²) in [5.41, 5.74) is 8.43. The summed E-state index contributed by atoms with van der Waals surface area (Å²) in [4.78, 5) is 4.55. The van der Waals surface area contributed by atoms with Crippen molar-refractivity contribution in [2.45, 2.75) is 13.3 Å². The summed E-state index contributed by atoms with van der Waals surface area (Å²) in [5.74, 6) is 0.528. The van der Waals surface area contributed by atoms with E-state index in [0.717, 1.165) is 28.9 Å². The molecular weight excluding hydrogens is 273 g/mol. The van der Waals surface area contributed by atoms with Crippen molar-refractivity contribution >= 4 is 23.0 Å². The Labute approximate surface area is 123 Å². The molecule has 5 heteroatoms. The van der Waals surface area contributed by atoms with Gasteiger partial charge in [0.05, 0.1) is 0 Å². The summed E-state index contributed by atoms with van der Waals surface area (Å²) >= 11 is 4.93. The van der Waals surface area contributed by atoms with Crippen molar-refractivity contribution in [3.63, 3.8) is 0 Å². The largest absolute Gasteiger partial charge is 0.389 e. The number of aromatic nitrogens is 1. The van der Waals surface area contributed by atoms with Gasteiger partial charge in [-0.3, -0.25) is 0 Å². The number of anilines is 1. The Morgan fingerprint density at radius 2 is 2.15 bits per heavy atom. The molecule has 0 amide bonds. The van der Waals surface area contributed by atoms with Gasteiger partial charge in [0, 0.05) is 18.3 Å². The van der Waals surface area contributed by atoms with Crippen molar-refractivity contribution in [3.05, 3.63) is 59.0 Å². The van der Waals surface area contributed by atoms with Gasteiger partial charge in [0.2, 0.25) is 0 Å². The first-order valence-electron chi connectivity index (χ1n) is 6.31. The third kappa shape index (κ3) is 3.74. The van der Waals surface area contributed by atoms with Crippen molar-refractivity contribution in [2.24, 2.45) is 5.73 Å². The van der Waals surface area contributed by atoms with Crippen LogP contribution in [-0.4, -0.2) is 16.5 Å². The molecule has 1 aromatic carbocycles. The fourth-order valence-corrected chi connectivity index (χ4v) is 2.07. The number of benzene rings is 1. The van der Waals surface area contributed by atoms with Crippen molar-refractivity contribution in [1.82, 2.24) is 4.98 Å². The van der Waals surface area contributed by atoms with Crippen LogP contribution in [0.25, 0.3) is 0 Å². The average molecular weight is 289 g/mol. The number of nitrogens with two attached hydrogens (primary N) is 1. The van der Waals surface area contributed by atoms with E-state index in [2.05, 4.69) is 10.3 Å². The zero-order valence-electron chi connectivity index (χ0n) is 11.2. The molecule has 0 atom stereocenters. The molecule has 0 aliphatic rings. The smallest absolute Gasteiger partial charge is 0.126 e. The van der Waals surface area contributed by atoms with Gasteiger partial charge >= 0.3 is 0 Å². The molecule has 0 aliphatic carbocycles. The number of rotatable bonds is 5. The minimum Gasteiger partial charge on any atom is -0.389 e. The summed E-state index contributed by atoms with van der Waals surface area (Å²) in [6.45, 7) is 2.62. The Bertz CT molecular complexity index is 628. The van der Waals surface area contributed by atoms with Crippen molar-refractivity contribution in [3.8, 4) is 0 Å². The van der Waals surface area contributed by atoms with Crippen LogP contribution in [0.3, 0.4) is 0 Å². The van der Waals surface area contributed by atoms with E-state index in [0.29, 0.717) is 11.5 Å². The molecule has 0 spiro atoms. The fraction of sp³-hybridized carbons (Fsp3) is 0.200. The topological polar surface area (TPSA) is 50.9 Å². The van der Waals surface area contributed by atoms with Gasteiger partial charge in [-0.15, -0.1) is 0 Å². The van der Waals surface area contributed by atoms with E-state index in [1.807, 2.05) is 19.1 Å². The molecule has 0 saturated heterocycles. The summed E-state index contributed by atoms with van der Waals surface area (Å²) < 4.78 is 13.0. The number of hydrogen-bond acceptors (Lipinski definition) is 3. The summed E-state index contributed by atoms with van der Waals surface area (Å²) in [7, 11) is 0. The van der Waals surface area contributed by atoms with Crippen LogP contribution in [0.1, 0.15) is 16.7 Å². The number of halogens is 1. The number of aryl methyl sites for hydroxylation is 1. The van der Waals surface area contributed by atoms with Gasteiger partial charge in [0.25, 0.3) is 0 Å². The second kappa shape index (κ2) is 6.43. The first-order valence-corrected chi connectivity index (χ1v) is 6.72. The minimum atomic E-state index is -0.204. The van der Waals surface area contributed by atoms with E-state index < -0.39 is 0 Å². The van der Waals surface area contributed by atoms with Crippen LogP contribution in [0.5, 0.6) is 0 Å². The quantitative estimate of drug-likeness (QED) is 0.831. The van der Waals surface area contributed by atoms with Crippen molar-refractivity contribution in [1.29, 1.82) is 0 Å². The molecule has 0 saturated carbocycles. The number of nitrogens with zero attached hydrogens (tertiary/aromatic N) is 1. The monoisotopic (exact) mass is 289 g/mol. The van der Waals surface area contributed by atoms with Crippen LogP contribution in [-0.2, 0) is 6.42 Å². The summed E-state index contributed by atoms with van der Waals surface area (Å²) in [5, 5.41) is 3.21. The van der Waals surface area contributed by atoms with Gasteiger partial charge < -0.3 is 11.1 Å². The summed E-state index contributed by atoms with van der Waals surface area (Å²) in [6, 6.07) is 8.43. The Morgan fingerprint density at radius 1 is 1.35 bits per heavy atom. The molecule has 2 rings (SSSR count). The molecule has 0 unspecified atom stereocenters. The van der Waals surface area contributed by atoms with Gasteiger partial charge in [0.1, 0.15) is 16.6 Å². The second-order valence-corrected chi connectivity index (χ2v) is 4.98. The van der Waals surface area contributed by atoms with E-state index in [1.165, 1.54) is 6.07 Å². The fourth-order valence-electron chi connectivity index (χ4n) is 1.95.